The monoisotopic (exact) mass is 450 g/mol. The molecule has 2 fully saturated rings. The summed E-state index contributed by atoms with van der Waals surface area (Å²) in [6.45, 7) is 5.37. The fraction of sp³-hybridized carbons (Fsp3) is 0.444. The van der Waals surface area contributed by atoms with E-state index in [0.29, 0.717) is 19.4 Å². The van der Waals surface area contributed by atoms with Crippen LogP contribution in [-0.2, 0) is 6.54 Å². The van der Waals surface area contributed by atoms with Gasteiger partial charge in [-0.2, -0.15) is 0 Å². The zero-order valence-electron chi connectivity index (χ0n) is 19.5. The second-order valence-corrected chi connectivity index (χ2v) is 10.3. The molecule has 0 radical (unpaired) electrons. The van der Waals surface area contributed by atoms with E-state index in [4.69, 9.17) is 4.74 Å². The number of hydrogen-bond acceptors (Lipinski definition) is 3. The number of hydrogen-bond donors (Lipinski definition) is 2. The maximum atomic E-state index is 14.5. The molecule has 1 aromatic heterocycles. The number of H-pyrrole nitrogens is 1. The minimum absolute atomic E-state index is 0.0247. The highest BCUT2D eigenvalue weighted by molar-refractivity contribution is 5.88. The first kappa shape index (κ1) is 22.0. The van der Waals surface area contributed by atoms with Gasteiger partial charge in [-0.05, 0) is 86.9 Å². The van der Waals surface area contributed by atoms with Crippen molar-refractivity contribution in [2.75, 3.05) is 13.7 Å². The molecule has 0 unspecified atom stereocenters. The average Bonchev–Trinajstić information content (AvgIpc) is 3.26. The Kier molecular flexibility index (Phi) is 5.24. The highest BCUT2D eigenvalue weighted by Crippen LogP contribution is 2.60. The predicted octanol–water partition coefficient (Wildman–Crippen LogP) is 6.03. The van der Waals surface area contributed by atoms with Gasteiger partial charge in [-0.1, -0.05) is 12.1 Å². The molecule has 2 N–H and O–H groups in total. The van der Waals surface area contributed by atoms with Crippen molar-refractivity contribution in [2.45, 2.75) is 57.8 Å². The molecule has 1 saturated carbocycles. The van der Waals surface area contributed by atoms with Crippen molar-refractivity contribution in [3.8, 4) is 5.75 Å². The van der Waals surface area contributed by atoms with E-state index in [0.717, 1.165) is 52.7 Å². The number of aromatic carboxylic acids is 1. The van der Waals surface area contributed by atoms with E-state index < -0.39 is 11.6 Å². The molecule has 1 aliphatic carbocycles. The van der Waals surface area contributed by atoms with Crippen LogP contribution < -0.4 is 4.74 Å². The Hall–Kier alpha value is -2.86. The van der Waals surface area contributed by atoms with Crippen LogP contribution in [0.1, 0.15) is 65.7 Å². The predicted molar refractivity (Wildman–Crippen MR) is 127 cm³/mol. The summed E-state index contributed by atoms with van der Waals surface area (Å²) in [5, 5.41) is 10.5. The van der Waals surface area contributed by atoms with E-state index in [2.05, 4.69) is 28.9 Å². The number of aromatic nitrogens is 1. The Bertz CT molecular complexity index is 1190. The van der Waals surface area contributed by atoms with Crippen LogP contribution in [0.25, 0.3) is 10.9 Å². The van der Waals surface area contributed by atoms with Crippen molar-refractivity contribution < 1.29 is 19.0 Å². The number of benzene rings is 2. The lowest BCUT2D eigenvalue weighted by atomic mass is 9.55. The standard InChI is InChI=1S/C27H31FN2O3/c1-17-12-23(33-3)21(20-8-10-29-24(17)20)14-30-11-9-27(15-26(2,28)16-27)13-22(30)18-4-6-19(7-5-18)25(31)32/h4-8,10,12,22,29H,9,11,13-16H2,1-3H3,(H,31,32)/t22-,26-,27-/m1/s1. The Morgan fingerprint density at radius 3 is 2.64 bits per heavy atom. The normalized spacial score (nSPS) is 27.6. The first-order valence-electron chi connectivity index (χ1n) is 11.6. The second kappa shape index (κ2) is 7.87. The van der Waals surface area contributed by atoms with Gasteiger partial charge in [-0.3, -0.25) is 4.90 Å². The molecule has 2 aromatic carbocycles. The number of aryl methyl sites for hydroxylation is 1. The molecule has 5 rings (SSSR count). The van der Waals surface area contributed by atoms with Gasteiger partial charge in [0.05, 0.1) is 12.7 Å². The number of nitrogens with zero attached hydrogens (tertiary/aromatic N) is 1. The lowest BCUT2D eigenvalue weighted by Gasteiger charge is -2.56. The molecule has 1 atom stereocenters. The van der Waals surface area contributed by atoms with Crippen molar-refractivity contribution in [1.82, 2.24) is 9.88 Å². The third kappa shape index (κ3) is 3.90. The van der Waals surface area contributed by atoms with Crippen LogP contribution in [0, 0.1) is 12.3 Å². The van der Waals surface area contributed by atoms with E-state index in [1.54, 1.807) is 26.2 Å². The Morgan fingerprint density at radius 1 is 1.27 bits per heavy atom. The minimum atomic E-state index is -1.07. The van der Waals surface area contributed by atoms with E-state index in [1.165, 1.54) is 0 Å². The zero-order valence-corrected chi connectivity index (χ0v) is 19.5. The van der Waals surface area contributed by atoms with Crippen LogP contribution in [0.2, 0.25) is 0 Å². The second-order valence-electron chi connectivity index (χ2n) is 10.3. The number of carbonyl (C=O) groups is 1. The topological polar surface area (TPSA) is 65.6 Å². The Morgan fingerprint density at radius 2 is 2.00 bits per heavy atom. The summed E-state index contributed by atoms with van der Waals surface area (Å²) in [5.74, 6) is -0.0511. The van der Waals surface area contributed by atoms with Crippen LogP contribution in [0.3, 0.4) is 0 Å². The van der Waals surface area contributed by atoms with E-state index in [-0.39, 0.29) is 17.0 Å². The summed E-state index contributed by atoms with van der Waals surface area (Å²) in [6.07, 6.45) is 5.02. The van der Waals surface area contributed by atoms with Crippen molar-refractivity contribution in [3.63, 3.8) is 0 Å². The van der Waals surface area contributed by atoms with Crippen molar-refractivity contribution in [1.29, 1.82) is 0 Å². The first-order chi connectivity index (χ1) is 15.7. The third-order valence-corrected chi connectivity index (χ3v) is 7.72. The molecule has 5 nitrogen and oxygen atoms in total. The molecule has 3 aromatic rings. The summed E-state index contributed by atoms with van der Waals surface area (Å²) < 4.78 is 20.3. The molecule has 1 saturated heterocycles. The SMILES string of the molecule is COc1cc(C)c2[nH]ccc2c1CN1CC[C@]2(C[C@@H]1c1ccc(C(=O)O)cc1)C[C@](C)(F)C2. The van der Waals surface area contributed by atoms with Gasteiger partial charge in [-0.15, -0.1) is 0 Å². The maximum absolute atomic E-state index is 14.5. The van der Waals surface area contributed by atoms with Gasteiger partial charge < -0.3 is 14.8 Å². The van der Waals surface area contributed by atoms with E-state index in [9.17, 15) is 14.3 Å². The highest BCUT2D eigenvalue weighted by Gasteiger charge is 2.55. The number of fused-ring (bicyclic) bond motifs is 1. The van der Waals surface area contributed by atoms with Crippen LogP contribution >= 0.6 is 0 Å². The fourth-order valence-electron chi connectivity index (χ4n) is 6.36. The van der Waals surface area contributed by atoms with E-state index >= 15 is 0 Å². The van der Waals surface area contributed by atoms with Gasteiger partial charge in [0, 0.05) is 35.2 Å². The van der Waals surface area contributed by atoms with Gasteiger partial charge >= 0.3 is 5.97 Å². The summed E-state index contributed by atoms with van der Waals surface area (Å²) in [7, 11) is 1.71. The molecular weight excluding hydrogens is 419 g/mol. The molecule has 2 aliphatic rings. The van der Waals surface area contributed by atoms with Crippen LogP contribution in [0.5, 0.6) is 5.75 Å². The van der Waals surface area contributed by atoms with Crippen molar-refractivity contribution in [2.24, 2.45) is 5.41 Å². The number of rotatable bonds is 5. The van der Waals surface area contributed by atoms with Gasteiger partial charge in [0.15, 0.2) is 0 Å². The molecular formula is C27H31FN2O3. The lowest BCUT2D eigenvalue weighted by Crippen LogP contribution is -2.53. The fourth-order valence-corrected chi connectivity index (χ4v) is 6.36. The summed E-state index contributed by atoms with van der Waals surface area (Å²) in [5.41, 5.74) is 3.73. The Balaban J connectivity index is 1.50. The number of likely N-dealkylation sites (tertiary alicyclic amines) is 1. The summed E-state index contributed by atoms with van der Waals surface area (Å²) in [4.78, 5) is 17.2. The molecule has 2 heterocycles. The van der Waals surface area contributed by atoms with Crippen molar-refractivity contribution >= 4 is 16.9 Å². The molecule has 33 heavy (non-hydrogen) atoms. The zero-order chi connectivity index (χ0) is 23.4. The Labute approximate surface area is 193 Å². The molecule has 1 aliphatic heterocycles. The molecule has 1 spiro atoms. The van der Waals surface area contributed by atoms with Gasteiger partial charge in [0.2, 0.25) is 0 Å². The smallest absolute Gasteiger partial charge is 0.335 e. The van der Waals surface area contributed by atoms with Crippen LogP contribution in [0.4, 0.5) is 4.39 Å². The van der Waals surface area contributed by atoms with Crippen LogP contribution in [0.15, 0.2) is 42.6 Å². The third-order valence-electron chi connectivity index (χ3n) is 7.72. The molecule has 0 bridgehead atoms. The quantitative estimate of drug-likeness (QED) is 0.498. The van der Waals surface area contributed by atoms with Gasteiger partial charge in [-0.25, -0.2) is 9.18 Å². The number of methoxy groups -OCH3 is 1. The number of alkyl halides is 1. The van der Waals surface area contributed by atoms with Crippen LogP contribution in [-0.4, -0.2) is 40.3 Å². The number of nitrogens with one attached hydrogen (secondary N) is 1. The largest absolute Gasteiger partial charge is 0.496 e. The molecule has 174 valence electrons. The first-order valence-corrected chi connectivity index (χ1v) is 11.6. The number of ether oxygens (including phenoxy) is 1. The number of carboxylic acids is 1. The number of piperidine rings is 1. The lowest BCUT2D eigenvalue weighted by molar-refractivity contribution is -0.106. The molecule has 0 amide bonds. The summed E-state index contributed by atoms with van der Waals surface area (Å²) in [6, 6.07) is 11.5. The van der Waals surface area contributed by atoms with E-state index in [1.807, 2.05) is 18.3 Å². The number of halogens is 1. The average molecular weight is 451 g/mol. The van der Waals surface area contributed by atoms with Gasteiger partial charge in [0.25, 0.3) is 0 Å². The molecule has 6 heteroatoms. The maximum Gasteiger partial charge on any atom is 0.335 e. The summed E-state index contributed by atoms with van der Waals surface area (Å²) >= 11 is 0. The van der Waals surface area contributed by atoms with Gasteiger partial charge in [0.1, 0.15) is 11.4 Å². The highest BCUT2D eigenvalue weighted by atomic mass is 19.1. The number of aromatic amines is 1. The van der Waals surface area contributed by atoms with Crippen molar-refractivity contribution in [3.05, 3.63) is 64.8 Å². The minimum Gasteiger partial charge on any atom is -0.496 e. The number of carboxylic acid groups (broad SMARTS) is 1.